The number of carbonyl (C=O) groups is 1. The van der Waals surface area contributed by atoms with Crippen molar-refractivity contribution in [2.45, 2.75) is 44.4 Å². The number of amides is 1. The van der Waals surface area contributed by atoms with Gasteiger partial charge in [0.2, 0.25) is 0 Å². The number of aryl methyl sites for hydroxylation is 2. The van der Waals surface area contributed by atoms with Gasteiger partial charge in [-0.1, -0.05) is 0 Å². The fourth-order valence-electron chi connectivity index (χ4n) is 5.28. The largest absolute Gasteiger partial charge is 0.393 e. The van der Waals surface area contributed by atoms with Gasteiger partial charge in [0.1, 0.15) is 5.52 Å². The fourth-order valence-corrected chi connectivity index (χ4v) is 5.28. The Morgan fingerprint density at radius 3 is 2.83 bits per heavy atom. The van der Waals surface area contributed by atoms with E-state index in [0.29, 0.717) is 34.5 Å². The Hall–Kier alpha value is -3.50. The lowest BCUT2D eigenvalue weighted by Gasteiger charge is -2.34. The molecule has 2 aliphatic rings. The first-order chi connectivity index (χ1) is 16.8. The molecule has 1 saturated carbocycles. The maximum Gasteiger partial charge on any atom is 0.257 e. The van der Waals surface area contributed by atoms with Gasteiger partial charge in [0.25, 0.3) is 5.91 Å². The molecular weight excluding hydrogens is 449 g/mol. The van der Waals surface area contributed by atoms with Gasteiger partial charge in [-0.15, -0.1) is 0 Å². The van der Waals surface area contributed by atoms with Crippen molar-refractivity contribution in [3.63, 3.8) is 0 Å². The van der Waals surface area contributed by atoms with Crippen molar-refractivity contribution in [3.05, 3.63) is 53.9 Å². The second-order valence-electron chi connectivity index (χ2n) is 9.76. The Bertz CT molecular complexity index is 1440. The normalized spacial score (nSPS) is 22.2. The van der Waals surface area contributed by atoms with Crippen LogP contribution in [-0.2, 0) is 7.05 Å². The summed E-state index contributed by atoms with van der Waals surface area (Å²) in [4.78, 5) is 19.7. The highest BCUT2D eigenvalue weighted by Gasteiger charge is 2.32. The van der Waals surface area contributed by atoms with Crippen LogP contribution in [0.15, 0.2) is 36.8 Å². The number of hydrogen-bond donors (Lipinski definition) is 3. The number of rotatable bonds is 5. The number of nitrogens with one attached hydrogen (secondary N) is 2. The van der Waals surface area contributed by atoms with Crippen LogP contribution in [0.25, 0.3) is 16.6 Å². The zero-order chi connectivity index (χ0) is 24.3. The molecule has 35 heavy (non-hydrogen) atoms. The minimum absolute atomic E-state index is 0.166. The summed E-state index contributed by atoms with van der Waals surface area (Å²) in [5.74, 6) is -0.844. The van der Waals surface area contributed by atoms with Gasteiger partial charge in [-0.3, -0.25) is 9.48 Å². The topological polar surface area (TPSA) is 99.7 Å². The van der Waals surface area contributed by atoms with Crippen LogP contribution in [0.3, 0.4) is 0 Å². The van der Waals surface area contributed by atoms with E-state index in [1.54, 1.807) is 34.5 Å². The highest BCUT2D eigenvalue weighted by atomic mass is 19.1. The molecule has 2 fully saturated rings. The Balaban J connectivity index is 1.25. The molecule has 182 valence electrons. The number of pyridine rings is 1. The van der Waals surface area contributed by atoms with Gasteiger partial charge < -0.3 is 25.0 Å². The molecule has 1 amide bonds. The molecule has 9 nitrogen and oxygen atoms in total. The van der Waals surface area contributed by atoms with Gasteiger partial charge in [0, 0.05) is 68.0 Å². The number of carbonyl (C=O) groups excluding carboxylic acids is 1. The van der Waals surface area contributed by atoms with E-state index in [1.807, 2.05) is 19.3 Å². The van der Waals surface area contributed by atoms with Crippen molar-refractivity contribution in [2.75, 3.05) is 23.3 Å². The summed E-state index contributed by atoms with van der Waals surface area (Å²) >= 11 is 0. The van der Waals surface area contributed by atoms with Gasteiger partial charge in [-0.25, -0.2) is 9.37 Å². The van der Waals surface area contributed by atoms with Gasteiger partial charge in [0.15, 0.2) is 11.5 Å². The average molecular weight is 478 g/mol. The number of anilines is 2. The number of fused-ring (bicyclic) bond motifs is 2. The molecule has 1 aromatic carbocycles. The van der Waals surface area contributed by atoms with Gasteiger partial charge in [0.05, 0.1) is 23.0 Å². The SMILES string of the molecule is Cc1cn2cc(NC(=O)c3ccc(N4CC[C@@H](N[C@H]5C[C@H](O)C5)C4)c4cn(C)nc34)cc(F)c2n1. The molecule has 3 aromatic heterocycles. The third-order valence-corrected chi connectivity index (χ3v) is 7.01. The number of hydrogen-bond acceptors (Lipinski definition) is 6. The Kier molecular flexibility index (Phi) is 5.23. The number of nitrogens with zero attached hydrogens (tertiary/aromatic N) is 5. The van der Waals surface area contributed by atoms with Crippen LogP contribution in [0, 0.1) is 12.7 Å². The molecule has 0 unspecified atom stereocenters. The maximum absolute atomic E-state index is 14.5. The zero-order valence-electron chi connectivity index (χ0n) is 19.7. The number of aliphatic hydroxyl groups is 1. The Morgan fingerprint density at radius 2 is 2.03 bits per heavy atom. The number of benzene rings is 1. The monoisotopic (exact) mass is 477 g/mol. The van der Waals surface area contributed by atoms with Crippen molar-refractivity contribution < 1.29 is 14.3 Å². The number of aliphatic hydroxyl groups excluding tert-OH is 1. The van der Waals surface area contributed by atoms with Gasteiger partial charge >= 0.3 is 0 Å². The minimum atomic E-state index is -0.497. The van der Waals surface area contributed by atoms with E-state index in [1.165, 1.54) is 6.07 Å². The lowest BCUT2D eigenvalue weighted by molar-refractivity contribution is 0.0587. The summed E-state index contributed by atoms with van der Waals surface area (Å²) < 4.78 is 17.8. The summed E-state index contributed by atoms with van der Waals surface area (Å²) in [5, 5.41) is 21.5. The van der Waals surface area contributed by atoms with E-state index >= 15 is 0 Å². The van der Waals surface area contributed by atoms with Crippen LogP contribution in [0.5, 0.6) is 0 Å². The molecule has 1 aliphatic heterocycles. The highest BCUT2D eigenvalue weighted by Crippen LogP contribution is 2.32. The predicted octanol–water partition coefficient (Wildman–Crippen LogP) is 2.61. The number of halogens is 1. The first-order valence-corrected chi connectivity index (χ1v) is 12.0. The molecule has 1 aliphatic carbocycles. The smallest absolute Gasteiger partial charge is 0.257 e. The first-order valence-electron chi connectivity index (χ1n) is 12.0. The van der Waals surface area contributed by atoms with Gasteiger partial charge in [-0.2, -0.15) is 5.10 Å². The average Bonchev–Trinajstić information content (AvgIpc) is 3.49. The third kappa shape index (κ3) is 4.02. The van der Waals surface area contributed by atoms with Crippen molar-refractivity contribution in [1.82, 2.24) is 24.5 Å². The van der Waals surface area contributed by atoms with Crippen molar-refractivity contribution in [3.8, 4) is 0 Å². The molecule has 4 heterocycles. The Labute approximate surface area is 201 Å². The second kappa shape index (κ2) is 8.31. The van der Waals surface area contributed by atoms with E-state index in [4.69, 9.17) is 0 Å². The number of imidazole rings is 1. The molecule has 6 rings (SSSR count). The van der Waals surface area contributed by atoms with Crippen molar-refractivity contribution >= 4 is 33.8 Å². The van der Waals surface area contributed by atoms with E-state index in [-0.39, 0.29) is 17.7 Å². The zero-order valence-corrected chi connectivity index (χ0v) is 19.7. The summed E-state index contributed by atoms with van der Waals surface area (Å²) in [6.07, 6.45) is 7.81. The van der Waals surface area contributed by atoms with E-state index in [2.05, 4.69) is 25.6 Å². The molecular formula is C25H28FN7O2. The third-order valence-electron chi connectivity index (χ3n) is 7.01. The summed E-state index contributed by atoms with van der Waals surface area (Å²) in [5.41, 5.74) is 3.36. The minimum Gasteiger partial charge on any atom is -0.393 e. The van der Waals surface area contributed by atoms with Crippen LogP contribution >= 0.6 is 0 Å². The van der Waals surface area contributed by atoms with Crippen LogP contribution in [0.4, 0.5) is 15.8 Å². The second-order valence-corrected chi connectivity index (χ2v) is 9.76. The van der Waals surface area contributed by atoms with Crippen LogP contribution in [0.2, 0.25) is 0 Å². The highest BCUT2D eigenvalue weighted by molar-refractivity contribution is 6.13. The molecule has 4 aromatic rings. The van der Waals surface area contributed by atoms with Crippen LogP contribution < -0.4 is 15.5 Å². The van der Waals surface area contributed by atoms with Crippen LogP contribution in [-0.4, -0.2) is 61.5 Å². The molecule has 1 saturated heterocycles. The molecule has 0 bridgehead atoms. The van der Waals surface area contributed by atoms with Crippen molar-refractivity contribution in [2.24, 2.45) is 7.05 Å². The predicted molar refractivity (Wildman–Crippen MR) is 131 cm³/mol. The molecule has 0 radical (unpaired) electrons. The quantitative estimate of drug-likeness (QED) is 0.409. The molecule has 1 atom stereocenters. The summed E-state index contributed by atoms with van der Waals surface area (Å²) in [6.45, 7) is 3.57. The lowest BCUT2D eigenvalue weighted by atomic mass is 9.89. The summed E-state index contributed by atoms with van der Waals surface area (Å²) in [7, 11) is 1.84. The fraction of sp³-hybridized carbons (Fsp3) is 0.400. The van der Waals surface area contributed by atoms with E-state index in [9.17, 15) is 14.3 Å². The summed E-state index contributed by atoms with van der Waals surface area (Å²) in [6, 6.07) is 5.81. The van der Waals surface area contributed by atoms with E-state index < -0.39 is 5.82 Å². The lowest BCUT2D eigenvalue weighted by Crippen LogP contribution is -2.49. The van der Waals surface area contributed by atoms with Crippen molar-refractivity contribution in [1.29, 1.82) is 0 Å². The maximum atomic E-state index is 14.5. The Morgan fingerprint density at radius 1 is 1.20 bits per heavy atom. The molecule has 0 spiro atoms. The molecule has 3 N–H and O–H groups in total. The number of aromatic nitrogens is 4. The van der Waals surface area contributed by atoms with Crippen LogP contribution in [0.1, 0.15) is 35.3 Å². The van der Waals surface area contributed by atoms with Gasteiger partial charge in [-0.05, 0) is 38.3 Å². The standard InChI is InChI=1S/C25H28FN7O2/c1-14-10-33-12-17(9-21(26)24(33)27-14)29-25(35)19-3-4-22(20-13-31(2)30-23(19)20)32-6-5-15(11-32)28-16-7-18(34)8-16/h3-4,9-10,12-13,15-16,18,28,34H,5-8,11H2,1-2H3,(H,29,35)/t15-,16-,18-/m1/s1. The first kappa shape index (κ1) is 22.0. The van der Waals surface area contributed by atoms with E-state index in [0.717, 1.165) is 43.4 Å². The molecule has 10 heteroatoms.